The molecule has 0 amide bonds. The predicted molar refractivity (Wildman–Crippen MR) is 71.0 cm³/mol. The van der Waals surface area contributed by atoms with Crippen LogP contribution in [-0.4, -0.2) is 16.4 Å². The third kappa shape index (κ3) is 3.23. The van der Waals surface area contributed by atoms with E-state index in [1.54, 1.807) is 0 Å². The largest absolute Gasteiger partial charge is 0.492 e. The van der Waals surface area contributed by atoms with Crippen molar-refractivity contribution in [3.8, 4) is 5.75 Å². The van der Waals surface area contributed by atoms with Crippen LogP contribution in [0.25, 0.3) is 0 Å². The minimum Gasteiger partial charge on any atom is -0.492 e. The molecule has 2 aromatic rings. The van der Waals surface area contributed by atoms with Crippen LogP contribution in [0.4, 0.5) is 5.82 Å². The van der Waals surface area contributed by atoms with Crippen molar-refractivity contribution in [1.82, 2.24) is 9.78 Å². The van der Waals surface area contributed by atoms with Crippen molar-refractivity contribution >= 4 is 21.7 Å². The zero-order chi connectivity index (χ0) is 12.3. The first kappa shape index (κ1) is 12.0. The van der Waals surface area contributed by atoms with Gasteiger partial charge in [0.1, 0.15) is 18.2 Å². The Hall–Kier alpha value is -1.49. The number of aryl methyl sites for hydroxylation is 1. The van der Waals surface area contributed by atoms with Crippen LogP contribution >= 0.6 is 15.9 Å². The van der Waals surface area contributed by atoms with Gasteiger partial charge in [0.05, 0.1) is 6.54 Å². The minimum atomic E-state index is 0.547. The number of aromatic nitrogens is 2. The highest BCUT2D eigenvalue weighted by Gasteiger charge is 2.01. The molecule has 1 heterocycles. The maximum atomic E-state index is 5.61. The molecular weight excluding hydrogens is 282 g/mol. The van der Waals surface area contributed by atoms with Crippen molar-refractivity contribution in [3.63, 3.8) is 0 Å². The van der Waals surface area contributed by atoms with Gasteiger partial charge in [0.2, 0.25) is 0 Å². The first-order chi connectivity index (χ1) is 8.15. The summed E-state index contributed by atoms with van der Waals surface area (Å²) in [7, 11) is 0. The lowest BCUT2D eigenvalue weighted by Gasteiger charge is -2.07. The number of nitrogen functional groups attached to an aromatic ring is 1. The molecule has 0 saturated carbocycles. The summed E-state index contributed by atoms with van der Waals surface area (Å²) in [6, 6.07) is 9.60. The Morgan fingerprint density at radius 2 is 2.06 bits per heavy atom. The average Bonchev–Trinajstić information content (AvgIpc) is 2.60. The smallest absolute Gasteiger partial charge is 0.145 e. The average molecular weight is 296 g/mol. The highest BCUT2D eigenvalue weighted by Crippen LogP contribution is 2.16. The lowest BCUT2D eigenvalue weighted by Crippen LogP contribution is -2.10. The second-order valence-corrected chi connectivity index (χ2v) is 4.65. The third-order valence-corrected chi connectivity index (χ3v) is 2.91. The molecule has 0 bridgehead atoms. The van der Waals surface area contributed by atoms with E-state index in [1.807, 2.05) is 41.9 Å². The number of nitrogens with two attached hydrogens (primary N) is 1. The number of ether oxygens (including phenoxy) is 1. The quantitative estimate of drug-likeness (QED) is 0.943. The van der Waals surface area contributed by atoms with E-state index in [9.17, 15) is 0 Å². The fraction of sp³-hybridized carbons (Fsp3) is 0.250. The van der Waals surface area contributed by atoms with Gasteiger partial charge in [-0.15, -0.1) is 0 Å². The molecule has 0 radical (unpaired) electrons. The molecule has 17 heavy (non-hydrogen) atoms. The van der Waals surface area contributed by atoms with Crippen molar-refractivity contribution in [3.05, 3.63) is 40.5 Å². The molecule has 0 aliphatic rings. The van der Waals surface area contributed by atoms with Crippen LogP contribution in [0.15, 0.2) is 34.8 Å². The Labute approximate surface area is 109 Å². The SMILES string of the molecule is Cc1cc(N)nn1CCOc1ccc(Br)cc1. The van der Waals surface area contributed by atoms with Crippen molar-refractivity contribution in [2.24, 2.45) is 0 Å². The van der Waals surface area contributed by atoms with E-state index in [-0.39, 0.29) is 0 Å². The number of hydrogen-bond acceptors (Lipinski definition) is 3. The Morgan fingerprint density at radius 1 is 1.35 bits per heavy atom. The number of halogens is 1. The summed E-state index contributed by atoms with van der Waals surface area (Å²) >= 11 is 3.38. The molecule has 0 aliphatic heterocycles. The summed E-state index contributed by atoms with van der Waals surface area (Å²) in [5.74, 6) is 1.40. The first-order valence-electron chi connectivity index (χ1n) is 5.33. The van der Waals surface area contributed by atoms with Gasteiger partial charge < -0.3 is 10.5 Å². The van der Waals surface area contributed by atoms with E-state index < -0.39 is 0 Å². The van der Waals surface area contributed by atoms with Gasteiger partial charge in [-0.3, -0.25) is 4.68 Å². The van der Waals surface area contributed by atoms with E-state index in [0.717, 1.165) is 15.9 Å². The lowest BCUT2D eigenvalue weighted by atomic mass is 10.3. The van der Waals surface area contributed by atoms with Crippen molar-refractivity contribution in [1.29, 1.82) is 0 Å². The Morgan fingerprint density at radius 3 is 2.65 bits per heavy atom. The molecule has 4 nitrogen and oxygen atoms in total. The molecule has 1 aromatic heterocycles. The normalized spacial score (nSPS) is 10.5. The predicted octanol–water partition coefficient (Wildman–Crippen LogP) is 2.62. The van der Waals surface area contributed by atoms with Gasteiger partial charge in [0.25, 0.3) is 0 Å². The lowest BCUT2D eigenvalue weighted by molar-refractivity contribution is 0.290. The Bertz CT molecular complexity index is 493. The molecule has 5 heteroatoms. The van der Waals surface area contributed by atoms with E-state index in [2.05, 4.69) is 21.0 Å². The molecule has 0 saturated heterocycles. The molecule has 2 rings (SSSR count). The van der Waals surface area contributed by atoms with Crippen LogP contribution in [0.3, 0.4) is 0 Å². The zero-order valence-electron chi connectivity index (χ0n) is 9.56. The van der Waals surface area contributed by atoms with Crippen molar-refractivity contribution < 1.29 is 4.74 Å². The van der Waals surface area contributed by atoms with E-state index in [4.69, 9.17) is 10.5 Å². The van der Waals surface area contributed by atoms with Crippen LogP contribution in [0.5, 0.6) is 5.75 Å². The zero-order valence-corrected chi connectivity index (χ0v) is 11.1. The molecule has 0 aliphatic carbocycles. The van der Waals surface area contributed by atoms with Crippen molar-refractivity contribution in [2.45, 2.75) is 13.5 Å². The minimum absolute atomic E-state index is 0.547. The topological polar surface area (TPSA) is 53.1 Å². The first-order valence-corrected chi connectivity index (χ1v) is 6.13. The molecule has 0 spiro atoms. The summed E-state index contributed by atoms with van der Waals surface area (Å²) in [6.07, 6.45) is 0. The van der Waals surface area contributed by atoms with Gasteiger partial charge in [-0.25, -0.2) is 0 Å². The van der Waals surface area contributed by atoms with E-state index in [0.29, 0.717) is 19.0 Å². The Balaban J connectivity index is 1.87. The monoisotopic (exact) mass is 295 g/mol. The van der Waals surface area contributed by atoms with Gasteiger partial charge >= 0.3 is 0 Å². The third-order valence-electron chi connectivity index (χ3n) is 2.39. The summed E-state index contributed by atoms with van der Waals surface area (Å²) in [5, 5.41) is 4.16. The summed E-state index contributed by atoms with van der Waals surface area (Å²) in [5.41, 5.74) is 6.64. The van der Waals surface area contributed by atoms with Gasteiger partial charge in [-0.2, -0.15) is 5.10 Å². The summed E-state index contributed by atoms with van der Waals surface area (Å²) in [4.78, 5) is 0. The van der Waals surface area contributed by atoms with Gasteiger partial charge in [-0.05, 0) is 31.2 Å². The molecule has 0 unspecified atom stereocenters. The fourth-order valence-corrected chi connectivity index (χ4v) is 1.81. The van der Waals surface area contributed by atoms with E-state index in [1.165, 1.54) is 0 Å². The van der Waals surface area contributed by atoms with E-state index >= 15 is 0 Å². The van der Waals surface area contributed by atoms with Gasteiger partial charge in [-0.1, -0.05) is 15.9 Å². The summed E-state index contributed by atoms with van der Waals surface area (Å²) < 4.78 is 8.49. The standard InChI is InChI=1S/C12H14BrN3O/c1-9-8-12(14)15-16(9)6-7-17-11-4-2-10(13)3-5-11/h2-5,8H,6-7H2,1H3,(H2,14,15). The molecular formula is C12H14BrN3O. The Kier molecular flexibility index (Phi) is 3.68. The van der Waals surface area contributed by atoms with Crippen molar-refractivity contribution in [2.75, 3.05) is 12.3 Å². The molecule has 90 valence electrons. The molecule has 2 N–H and O–H groups in total. The number of nitrogens with zero attached hydrogens (tertiary/aromatic N) is 2. The van der Waals surface area contributed by atoms with Crippen LogP contribution < -0.4 is 10.5 Å². The maximum absolute atomic E-state index is 5.61. The number of anilines is 1. The highest BCUT2D eigenvalue weighted by molar-refractivity contribution is 9.10. The molecule has 0 atom stereocenters. The maximum Gasteiger partial charge on any atom is 0.145 e. The fourth-order valence-electron chi connectivity index (χ4n) is 1.54. The summed E-state index contributed by atoms with van der Waals surface area (Å²) in [6.45, 7) is 3.24. The number of hydrogen-bond donors (Lipinski definition) is 1. The molecule has 0 fully saturated rings. The van der Waals surface area contributed by atoms with Crippen LogP contribution in [0, 0.1) is 6.92 Å². The number of rotatable bonds is 4. The second kappa shape index (κ2) is 5.23. The van der Waals surface area contributed by atoms with Crippen LogP contribution in [0.1, 0.15) is 5.69 Å². The van der Waals surface area contributed by atoms with Gasteiger partial charge in [0, 0.05) is 16.2 Å². The second-order valence-electron chi connectivity index (χ2n) is 3.74. The molecule has 1 aromatic carbocycles. The highest BCUT2D eigenvalue weighted by atomic mass is 79.9. The van der Waals surface area contributed by atoms with Crippen LogP contribution in [-0.2, 0) is 6.54 Å². The van der Waals surface area contributed by atoms with Gasteiger partial charge in [0.15, 0.2) is 0 Å². The number of benzene rings is 1. The van der Waals surface area contributed by atoms with Crippen LogP contribution in [0.2, 0.25) is 0 Å².